The molecule has 1 N–H and O–H groups in total. The summed E-state index contributed by atoms with van der Waals surface area (Å²) in [6, 6.07) is 0. The third kappa shape index (κ3) is 1.14. The smallest absolute Gasteiger partial charge is 0.0733 e. The summed E-state index contributed by atoms with van der Waals surface area (Å²) in [6.45, 7) is 1.15. The van der Waals surface area contributed by atoms with Gasteiger partial charge in [0.15, 0.2) is 0 Å². The van der Waals surface area contributed by atoms with Crippen molar-refractivity contribution in [1.82, 2.24) is 10.6 Å². The first kappa shape index (κ1) is 5.06. The van der Waals surface area contributed by atoms with Crippen LogP contribution in [0.5, 0.6) is 0 Å². The lowest BCUT2D eigenvalue weighted by Gasteiger charge is -2.02. The third-order valence-electron chi connectivity index (χ3n) is 1.35. The molecule has 0 amide bonds. The lowest BCUT2D eigenvalue weighted by Crippen LogP contribution is -2.28. The highest BCUT2D eigenvalue weighted by molar-refractivity contribution is 4.68. The van der Waals surface area contributed by atoms with Gasteiger partial charge < -0.3 is 5.32 Å². The minimum Gasteiger partial charge on any atom is -0.301 e. The van der Waals surface area contributed by atoms with Crippen molar-refractivity contribution < 1.29 is 0 Å². The van der Waals surface area contributed by atoms with Gasteiger partial charge in [0.2, 0.25) is 0 Å². The number of hydrogen-bond donors (Lipinski definition) is 1. The molecule has 2 nitrogen and oxygen atoms in total. The maximum Gasteiger partial charge on any atom is 0.0733 e. The zero-order valence-corrected chi connectivity index (χ0v) is 4.65. The van der Waals surface area contributed by atoms with Gasteiger partial charge in [-0.3, -0.25) is 0 Å². The summed E-state index contributed by atoms with van der Waals surface area (Å²) in [5.74, 6) is 0. The highest BCUT2D eigenvalue weighted by Crippen LogP contribution is 2.00. The van der Waals surface area contributed by atoms with Crippen LogP contribution >= 0.6 is 0 Å². The number of hydrogen-bond acceptors (Lipinski definition) is 1. The molecule has 0 bridgehead atoms. The Morgan fingerprint density at radius 2 is 2.57 bits per heavy atom. The average Bonchev–Trinajstić information content (AvgIpc) is 2.14. The van der Waals surface area contributed by atoms with Crippen LogP contribution in [0.25, 0.3) is 0 Å². The highest BCUT2D eigenvalue weighted by Gasteiger charge is 2.10. The molecular weight excluding hydrogens is 88.1 g/mol. The van der Waals surface area contributed by atoms with Crippen molar-refractivity contribution in [2.75, 3.05) is 13.6 Å². The Balaban J connectivity index is 2.14. The molecular formula is C5H11N2. The lowest BCUT2D eigenvalue weighted by molar-refractivity contribution is 0.521. The van der Waals surface area contributed by atoms with E-state index in [4.69, 9.17) is 0 Å². The molecule has 0 saturated carbocycles. The predicted molar refractivity (Wildman–Crippen MR) is 29.1 cm³/mol. The summed E-state index contributed by atoms with van der Waals surface area (Å²) in [5, 5.41) is 7.32. The fourth-order valence-electron chi connectivity index (χ4n) is 0.887. The minimum atomic E-state index is 0.472. The molecule has 1 aliphatic heterocycles. The third-order valence-corrected chi connectivity index (χ3v) is 1.35. The van der Waals surface area contributed by atoms with Crippen molar-refractivity contribution in [3.05, 3.63) is 0 Å². The Hall–Kier alpha value is -0.0800. The molecule has 0 spiro atoms. The summed E-state index contributed by atoms with van der Waals surface area (Å²) in [7, 11) is 1.86. The molecule has 0 aromatic carbocycles. The quantitative estimate of drug-likeness (QED) is 0.489. The number of nitrogens with zero attached hydrogens (tertiary/aromatic N) is 1. The summed E-state index contributed by atoms with van der Waals surface area (Å²) in [4.78, 5) is 0. The van der Waals surface area contributed by atoms with Crippen molar-refractivity contribution in [3.8, 4) is 0 Å². The van der Waals surface area contributed by atoms with E-state index in [0.29, 0.717) is 6.17 Å². The molecule has 1 heterocycles. The van der Waals surface area contributed by atoms with Gasteiger partial charge in [-0.05, 0) is 19.4 Å². The maximum absolute atomic E-state index is 4.08. The van der Waals surface area contributed by atoms with E-state index >= 15 is 0 Å². The van der Waals surface area contributed by atoms with Gasteiger partial charge in [0.1, 0.15) is 0 Å². The average molecular weight is 99.2 g/mol. The van der Waals surface area contributed by atoms with Gasteiger partial charge in [-0.15, -0.1) is 0 Å². The van der Waals surface area contributed by atoms with Crippen molar-refractivity contribution >= 4 is 0 Å². The summed E-state index contributed by atoms with van der Waals surface area (Å²) < 4.78 is 0. The summed E-state index contributed by atoms with van der Waals surface area (Å²) >= 11 is 0. The van der Waals surface area contributed by atoms with Gasteiger partial charge in [0.25, 0.3) is 0 Å². The van der Waals surface area contributed by atoms with E-state index in [1.807, 2.05) is 7.05 Å². The monoisotopic (exact) mass is 99.1 g/mol. The zero-order valence-electron chi connectivity index (χ0n) is 4.65. The van der Waals surface area contributed by atoms with Crippen LogP contribution in [0, 0.1) is 0 Å². The fourth-order valence-corrected chi connectivity index (χ4v) is 0.887. The first-order chi connectivity index (χ1) is 3.43. The van der Waals surface area contributed by atoms with Crippen LogP contribution in [0.15, 0.2) is 0 Å². The van der Waals surface area contributed by atoms with Gasteiger partial charge in [-0.1, -0.05) is 0 Å². The van der Waals surface area contributed by atoms with Crippen molar-refractivity contribution in [2.45, 2.75) is 19.0 Å². The van der Waals surface area contributed by atoms with Gasteiger partial charge >= 0.3 is 0 Å². The number of rotatable bonds is 1. The van der Waals surface area contributed by atoms with E-state index in [0.717, 1.165) is 6.54 Å². The molecule has 0 aromatic rings. The Morgan fingerprint density at radius 1 is 1.71 bits per heavy atom. The van der Waals surface area contributed by atoms with Gasteiger partial charge in [0, 0.05) is 7.05 Å². The molecule has 1 rings (SSSR count). The topological polar surface area (TPSA) is 26.1 Å². The molecule has 0 aromatic heterocycles. The second-order valence-corrected chi connectivity index (χ2v) is 1.87. The van der Waals surface area contributed by atoms with Crippen LogP contribution in [0.2, 0.25) is 0 Å². The van der Waals surface area contributed by atoms with Crippen LogP contribution in [-0.4, -0.2) is 19.8 Å². The van der Waals surface area contributed by atoms with Crippen LogP contribution < -0.4 is 10.6 Å². The first-order valence-electron chi connectivity index (χ1n) is 2.76. The van der Waals surface area contributed by atoms with Crippen LogP contribution in [0.3, 0.4) is 0 Å². The standard InChI is InChI=1S/C5H11N2/c1-6-5-3-2-4-7-5/h5,7H,2-4H2,1H3. The van der Waals surface area contributed by atoms with Crippen LogP contribution in [-0.2, 0) is 0 Å². The van der Waals surface area contributed by atoms with Gasteiger partial charge in [-0.2, -0.15) is 0 Å². The second kappa shape index (κ2) is 2.28. The van der Waals surface area contributed by atoms with E-state index in [1.165, 1.54) is 12.8 Å². The zero-order chi connectivity index (χ0) is 5.11. The molecule has 0 aliphatic carbocycles. The largest absolute Gasteiger partial charge is 0.301 e. The van der Waals surface area contributed by atoms with Crippen molar-refractivity contribution in [1.29, 1.82) is 0 Å². The van der Waals surface area contributed by atoms with E-state index in [-0.39, 0.29) is 0 Å². The van der Waals surface area contributed by atoms with Crippen LogP contribution in [0.4, 0.5) is 0 Å². The van der Waals surface area contributed by atoms with Crippen molar-refractivity contribution in [3.63, 3.8) is 0 Å². The molecule has 2 heteroatoms. The predicted octanol–water partition coefficient (Wildman–Crippen LogP) is -0.0699. The molecule has 1 aliphatic rings. The maximum atomic E-state index is 4.08. The highest BCUT2D eigenvalue weighted by atomic mass is 15.1. The molecule has 41 valence electrons. The first-order valence-corrected chi connectivity index (χ1v) is 2.76. The van der Waals surface area contributed by atoms with Gasteiger partial charge in [0.05, 0.1) is 6.17 Å². The second-order valence-electron chi connectivity index (χ2n) is 1.87. The normalized spacial score (nSPS) is 31.3. The molecule has 7 heavy (non-hydrogen) atoms. The lowest BCUT2D eigenvalue weighted by atomic mass is 10.3. The van der Waals surface area contributed by atoms with E-state index in [2.05, 4.69) is 10.6 Å². The van der Waals surface area contributed by atoms with E-state index in [1.54, 1.807) is 0 Å². The SMILES string of the molecule is C[N]C1CCCN1. The summed E-state index contributed by atoms with van der Waals surface area (Å²) in [5.41, 5.74) is 0. The molecule has 1 saturated heterocycles. The fraction of sp³-hybridized carbons (Fsp3) is 1.00. The molecule has 1 fully saturated rings. The number of nitrogens with one attached hydrogen (secondary N) is 1. The van der Waals surface area contributed by atoms with E-state index < -0.39 is 0 Å². The molecule has 1 unspecified atom stereocenters. The minimum absolute atomic E-state index is 0.472. The Morgan fingerprint density at radius 3 is 2.86 bits per heavy atom. The molecule has 1 atom stereocenters. The van der Waals surface area contributed by atoms with Crippen molar-refractivity contribution in [2.24, 2.45) is 0 Å². The van der Waals surface area contributed by atoms with Crippen LogP contribution in [0.1, 0.15) is 12.8 Å². The summed E-state index contributed by atoms with van der Waals surface area (Å²) in [6.07, 6.45) is 3.00. The Bertz CT molecular complexity index is 48.0. The van der Waals surface area contributed by atoms with Gasteiger partial charge in [-0.25, -0.2) is 5.32 Å². The molecule has 1 radical (unpaired) electrons. The van der Waals surface area contributed by atoms with E-state index in [9.17, 15) is 0 Å². The Kier molecular flexibility index (Phi) is 1.65. The Labute approximate surface area is 44.3 Å².